The molecule has 0 aliphatic rings. The van der Waals surface area contributed by atoms with Crippen LogP contribution in [0.25, 0.3) is 0 Å². The van der Waals surface area contributed by atoms with E-state index in [4.69, 9.17) is 16.0 Å². The van der Waals surface area contributed by atoms with Crippen molar-refractivity contribution < 1.29 is 9.21 Å². The zero-order chi connectivity index (χ0) is 12.1. The van der Waals surface area contributed by atoms with Crippen molar-refractivity contribution in [2.75, 3.05) is 5.88 Å². The maximum absolute atomic E-state index is 11.9. The van der Waals surface area contributed by atoms with Crippen molar-refractivity contribution >= 4 is 17.5 Å². The first kappa shape index (κ1) is 13.1. The van der Waals surface area contributed by atoms with Crippen molar-refractivity contribution in [2.45, 2.75) is 33.2 Å². The first-order valence-electron chi connectivity index (χ1n) is 5.53. The van der Waals surface area contributed by atoms with Crippen LogP contribution in [-0.4, -0.2) is 17.8 Å². The molecule has 1 heterocycles. The summed E-state index contributed by atoms with van der Waals surface area (Å²) in [6, 6.07) is 1.69. The maximum atomic E-state index is 11.9. The number of amides is 1. The lowest BCUT2D eigenvalue weighted by Gasteiger charge is -2.19. The number of carbonyl (C=O) groups is 1. The molecule has 1 rings (SSSR count). The number of hydrogen-bond acceptors (Lipinski definition) is 2. The van der Waals surface area contributed by atoms with Crippen LogP contribution in [0.3, 0.4) is 0 Å². The van der Waals surface area contributed by atoms with Gasteiger partial charge in [0.25, 0.3) is 5.91 Å². The third-order valence-electron chi connectivity index (χ3n) is 2.60. The van der Waals surface area contributed by atoms with Crippen molar-refractivity contribution in [3.05, 3.63) is 23.7 Å². The third-order valence-corrected chi connectivity index (χ3v) is 2.93. The van der Waals surface area contributed by atoms with Crippen LogP contribution < -0.4 is 5.32 Å². The molecule has 1 amide bonds. The van der Waals surface area contributed by atoms with Gasteiger partial charge in [0.15, 0.2) is 0 Å². The van der Waals surface area contributed by atoms with Crippen molar-refractivity contribution in [1.29, 1.82) is 0 Å². The highest BCUT2D eigenvalue weighted by atomic mass is 35.5. The number of carbonyl (C=O) groups excluding carboxylic acids is 1. The van der Waals surface area contributed by atoms with Crippen LogP contribution in [0.15, 0.2) is 16.7 Å². The van der Waals surface area contributed by atoms with Crippen LogP contribution >= 0.6 is 11.6 Å². The van der Waals surface area contributed by atoms with Gasteiger partial charge in [-0.1, -0.05) is 20.8 Å². The summed E-state index contributed by atoms with van der Waals surface area (Å²) in [7, 11) is 0. The molecule has 1 atom stereocenters. The van der Waals surface area contributed by atoms with E-state index in [-0.39, 0.29) is 11.9 Å². The standard InChI is InChI=1S/C12H18ClNO2/c1-4-11-9(5-6-16-11)12(15)14-10(7-13)8(2)3/h5-6,8,10H,4,7H2,1-3H3,(H,14,15). The topological polar surface area (TPSA) is 42.2 Å². The highest BCUT2D eigenvalue weighted by Gasteiger charge is 2.19. The van der Waals surface area contributed by atoms with E-state index in [0.717, 1.165) is 5.76 Å². The molecule has 0 bridgehead atoms. The van der Waals surface area contributed by atoms with Gasteiger partial charge in [-0.3, -0.25) is 4.79 Å². The molecular formula is C12H18ClNO2. The number of rotatable bonds is 5. The number of nitrogens with one attached hydrogen (secondary N) is 1. The summed E-state index contributed by atoms with van der Waals surface area (Å²) >= 11 is 5.80. The second-order valence-corrected chi connectivity index (χ2v) is 4.40. The molecule has 0 radical (unpaired) electrons. The van der Waals surface area contributed by atoms with Crippen LogP contribution in [0.4, 0.5) is 0 Å². The van der Waals surface area contributed by atoms with E-state index < -0.39 is 0 Å². The Hall–Kier alpha value is -0.960. The summed E-state index contributed by atoms with van der Waals surface area (Å²) in [5.41, 5.74) is 0.610. The van der Waals surface area contributed by atoms with Crippen molar-refractivity contribution in [3.8, 4) is 0 Å². The summed E-state index contributed by atoms with van der Waals surface area (Å²) in [5.74, 6) is 1.35. The fraction of sp³-hybridized carbons (Fsp3) is 0.583. The SMILES string of the molecule is CCc1occc1C(=O)NC(CCl)C(C)C. The zero-order valence-corrected chi connectivity index (χ0v) is 10.7. The fourth-order valence-electron chi connectivity index (χ4n) is 1.45. The van der Waals surface area contributed by atoms with Gasteiger partial charge in [0.05, 0.1) is 11.8 Å². The number of halogens is 1. The molecule has 1 aromatic heterocycles. The lowest BCUT2D eigenvalue weighted by atomic mass is 10.1. The average Bonchev–Trinajstić information content (AvgIpc) is 2.72. The summed E-state index contributed by atoms with van der Waals surface area (Å²) in [6.45, 7) is 6.02. The fourth-order valence-corrected chi connectivity index (χ4v) is 1.88. The molecule has 0 saturated heterocycles. The van der Waals surface area contributed by atoms with Crippen LogP contribution in [0.2, 0.25) is 0 Å². The van der Waals surface area contributed by atoms with Crippen LogP contribution in [0.5, 0.6) is 0 Å². The minimum atomic E-state index is -0.107. The van der Waals surface area contributed by atoms with Gasteiger partial charge in [0.2, 0.25) is 0 Å². The molecule has 1 N–H and O–H groups in total. The van der Waals surface area contributed by atoms with Crippen LogP contribution in [0, 0.1) is 5.92 Å². The number of furan rings is 1. The van der Waals surface area contributed by atoms with Gasteiger partial charge in [0.1, 0.15) is 5.76 Å². The van der Waals surface area contributed by atoms with Gasteiger partial charge in [-0.2, -0.15) is 0 Å². The summed E-state index contributed by atoms with van der Waals surface area (Å²) in [4.78, 5) is 11.9. The van der Waals surface area contributed by atoms with Gasteiger partial charge in [-0.05, 0) is 12.0 Å². The Morgan fingerprint density at radius 3 is 2.75 bits per heavy atom. The monoisotopic (exact) mass is 243 g/mol. The molecule has 3 nitrogen and oxygen atoms in total. The minimum absolute atomic E-state index is 0.00577. The zero-order valence-electron chi connectivity index (χ0n) is 9.92. The first-order chi connectivity index (χ1) is 7.60. The van der Waals surface area contributed by atoms with Crippen LogP contribution in [0.1, 0.15) is 36.9 Å². The van der Waals surface area contributed by atoms with Gasteiger partial charge in [-0.25, -0.2) is 0 Å². The van der Waals surface area contributed by atoms with Crippen molar-refractivity contribution in [1.82, 2.24) is 5.32 Å². The van der Waals surface area contributed by atoms with Gasteiger partial charge in [0, 0.05) is 18.3 Å². The maximum Gasteiger partial charge on any atom is 0.255 e. The molecule has 1 unspecified atom stereocenters. The van der Waals surface area contributed by atoms with Crippen LogP contribution in [-0.2, 0) is 6.42 Å². The molecule has 16 heavy (non-hydrogen) atoms. The quantitative estimate of drug-likeness (QED) is 0.808. The Morgan fingerprint density at radius 1 is 1.56 bits per heavy atom. The van der Waals surface area contributed by atoms with E-state index in [2.05, 4.69) is 5.32 Å². The Morgan fingerprint density at radius 2 is 2.25 bits per heavy atom. The Balaban J connectivity index is 2.71. The van der Waals surface area contributed by atoms with Crippen molar-refractivity contribution in [3.63, 3.8) is 0 Å². The van der Waals surface area contributed by atoms with E-state index in [1.807, 2.05) is 20.8 Å². The van der Waals surface area contributed by atoms with E-state index in [9.17, 15) is 4.79 Å². The molecule has 0 spiro atoms. The molecule has 4 heteroatoms. The second-order valence-electron chi connectivity index (χ2n) is 4.09. The molecule has 0 saturated carbocycles. The Bertz CT molecular complexity index is 347. The molecule has 0 aliphatic heterocycles. The van der Waals surface area contributed by atoms with Gasteiger partial charge in [-0.15, -0.1) is 11.6 Å². The predicted molar refractivity (Wildman–Crippen MR) is 64.9 cm³/mol. The molecule has 1 aromatic rings. The Kier molecular flexibility index (Phi) is 4.87. The molecule has 0 aromatic carbocycles. The third kappa shape index (κ3) is 3.01. The minimum Gasteiger partial charge on any atom is -0.469 e. The van der Waals surface area contributed by atoms with E-state index in [0.29, 0.717) is 23.8 Å². The number of hydrogen-bond donors (Lipinski definition) is 1. The lowest BCUT2D eigenvalue weighted by Crippen LogP contribution is -2.40. The number of alkyl halides is 1. The highest BCUT2D eigenvalue weighted by Crippen LogP contribution is 2.12. The second kappa shape index (κ2) is 5.94. The van der Waals surface area contributed by atoms with E-state index in [1.165, 1.54) is 0 Å². The lowest BCUT2D eigenvalue weighted by molar-refractivity contribution is 0.0929. The highest BCUT2D eigenvalue weighted by molar-refractivity contribution is 6.18. The average molecular weight is 244 g/mol. The van der Waals surface area contributed by atoms with Gasteiger partial charge >= 0.3 is 0 Å². The number of aryl methyl sites for hydroxylation is 1. The van der Waals surface area contributed by atoms with Gasteiger partial charge < -0.3 is 9.73 Å². The summed E-state index contributed by atoms with van der Waals surface area (Å²) in [5, 5.41) is 2.91. The van der Waals surface area contributed by atoms with E-state index in [1.54, 1.807) is 12.3 Å². The van der Waals surface area contributed by atoms with Crippen molar-refractivity contribution in [2.24, 2.45) is 5.92 Å². The first-order valence-corrected chi connectivity index (χ1v) is 6.06. The summed E-state index contributed by atoms with van der Waals surface area (Å²) < 4.78 is 5.22. The predicted octanol–water partition coefficient (Wildman–Crippen LogP) is 2.84. The normalized spacial score (nSPS) is 12.8. The Labute approximate surface area is 101 Å². The summed E-state index contributed by atoms with van der Waals surface area (Å²) in [6.07, 6.45) is 2.25. The molecule has 0 fully saturated rings. The smallest absolute Gasteiger partial charge is 0.255 e. The molecule has 0 aliphatic carbocycles. The largest absolute Gasteiger partial charge is 0.469 e. The molecule has 90 valence electrons. The van der Waals surface area contributed by atoms with E-state index >= 15 is 0 Å². The molecular weight excluding hydrogens is 226 g/mol.